The molecule has 0 aliphatic heterocycles. The standard InChI is InChI=1S/C10H10BrClN4/c1-2-8-10(13)14-15-16(8)9-5-6(12)3-4-7(9)11/h3-5H,2,13H2,1H3. The van der Waals surface area contributed by atoms with Crippen LogP contribution in [-0.4, -0.2) is 15.0 Å². The van der Waals surface area contributed by atoms with Crippen LogP contribution in [0.2, 0.25) is 5.02 Å². The lowest BCUT2D eigenvalue weighted by Crippen LogP contribution is -2.03. The molecule has 0 saturated carbocycles. The maximum Gasteiger partial charge on any atom is 0.169 e. The third kappa shape index (κ3) is 1.92. The number of benzene rings is 1. The van der Waals surface area contributed by atoms with Crippen molar-refractivity contribution in [3.63, 3.8) is 0 Å². The van der Waals surface area contributed by atoms with Gasteiger partial charge < -0.3 is 5.73 Å². The van der Waals surface area contributed by atoms with Crippen LogP contribution in [0.1, 0.15) is 12.6 Å². The second kappa shape index (κ2) is 4.43. The maximum atomic E-state index is 5.96. The highest BCUT2D eigenvalue weighted by Crippen LogP contribution is 2.26. The molecule has 0 saturated heterocycles. The van der Waals surface area contributed by atoms with E-state index in [4.69, 9.17) is 17.3 Å². The van der Waals surface area contributed by atoms with Crippen LogP contribution in [0.5, 0.6) is 0 Å². The van der Waals surface area contributed by atoms with Gasteiger partial charge in [-0.25, -0.2) is 4.68 Å². The second-order valence-corrected chi connectivity index (χ2v) is 4.57. The Balaban J connectivity index is 2.62. The molecule has 0 bridgehead atoms. The molecule has 2 N–H and O–H groups in total. The molecular weight excluding hydrogens is 291 g/mol. The highest BCUT2D eigenvalue weighted by atomic mass is 79.9. The minimum atomic E-state index is 0.453. The van der Waals surface area contributed by atoms with E-state index in [2.05, 4.69) is 26.2 Å². The number of nitrogens with two attached hydrogens (primary N) is 1. The zero-order chi connectivity index (χ0) is 11.7. The van der Waals surface area contributed by atoms with Crippen molar-refractivity contribution in [1.82, 2.24) is 15.0 Å². The number of hydrogen-bond acceptors (Lipinski definition) is 3. The summed E-state index contributed by atoms with van der Waals surface area (Å²) in [6.07, 6.45) is 0.762. The predicted molar refractivity (Wildman–Crippen MR) is 67.9 cm³/mol. The highest BCUT2D eigenvalue weighted by Gasteiger charge is 2.12. The number of rotatable bonds is 2. The third-order valence-corrected chi connectivity index (χ3v) is 3.17. The van der Waals surface area contributed by atoms with Gasteiger partial charge in [-0.05, 0) is 40.5 Å². The summed E-state index contributed by atoms with van der Waals surface area (Å²) in [5.41, 5.74) is 7.45. The van der Waals surface area contributed by atoms with E-state index < -0.39 is 0 Å². The molecule has 1 heterocycles. The molecule has 0 aliphatic carbocycles. The maximum absolute atomic E-state index is 5.96. The monoisotopic (exact) mass is 300 g/mol. The van der Waals surface area contributed by atoms with E-state index in [1.807, 2.05) is 19.1 Å². The van der Waals surface area contributed by atoms with Gasteiger partial charge in [0, 0.05) is 9.50 Å². The molecule has 0 aliphatic rings. The van der Waals surface area contributed by atoms with Gasteiger partial charge in [-0.3, -0.25) is 0 Å². The Bertz CT molecular complexity index is 524. The van der Waals surface area contributed by atoms with Gasteiger partial charge in [0.15, 0.2) is 5.82 Å². The Morgan fingerprint density at radius 2 is 2.25 bits per heavy atom. The first-order valence-corrected chi connectivity index (χ1v) is 5.96. The van der Waals surface area contributed by atoms with Crippen LogP contribution in [-0.2, 0) is 6.42 Å². The molecule has 0 unspecified atom stereocenters. The molecule has 84 valence electrons. The second-order valence-electron chi connectivity index (χ2n) is 3.28. The third-order valence-electron chi connectivity index (χ3n) is 2.26. The number of nitrogen functional groups attached to an aromatic ring is 1. The topological polar surface area (TPSA) is 56.7 Å². The Morgan fingerprint density at radius 1 is 1.50 bits per heavy atom. The molecule has 0 spiro atoms. The van der Waals surface area contributed by atoms with E-state index in [1.165, 1.54) is 0 Å². The van der Waals surface area contributed by atoms with Gasteiger partial charge >= 0.3 is 0 Å². The summed E-state index contributed by atoms with van der Waals surface area (Å²) in [7, 11) is 0. The van der Waals surface area contributed by atoms with Crippen molar-refractivity contribution < 1.29 is 0 Å². The van der Waals surface area contributed by atoms with Gasteiger partial charge in [0.2, 0.25) is 0 Å². The van der Waals surface area contributed by atoms with Crippen molar-refractivity contribution in [1.29, 1.82) is 0 Å². The molecule has 0 radical (unpaired) electrons. The number of aromatic nitrogens is 3. The van der Waals surface area contributed by atoms with Crippen LogP contribution in [0.4, 0.5) is 5.82 Å². The molecule has 6 heteroatoms. The summed E-state index contributed by atoms with van der Waals surface area (Å²) in [6, 6.07) is 5.49. The fourth-order valence-electron chi connectivity index (χ4n) is 1.49. The van der Waals surface area contributed by atoms with Crippen molar-refractivity contribution in [2.24, 2.45) is 0 Å². The van der Waals surface area contributed by atoms with Gasteiger partial charge in [-0.2, -0.15) is 0 Å². The summed E-state index contributed by atoms with van der Waals surface area (Å²) in [5.74, 6) is 0.453. The quantitative estimate of drug-likeness (QED) is 0.928. The highest BCUT2D eigenvalue weighted by molar-refractivity contribution is 9.10. The van der Waals surface area contributed by atoms with Gasteiger partial charge in [-0.1, -0.05) is 23.7 Å². The molecule has 2 aromatic rings. The molecule has 0 amide bonds. The molecule has 1 aromatic heterocycles. The van der Waals surface area contributed by atoms with Crippen LogP contribution in [0, 0.1) is 0 Å². The SMILES string of the molecule is CCc1c(N)nnn1-c1cc(Cl)ccc1Br. The number of hydrogen-bond donors (Lipinski definition) is 1. The van der Waals surface area contributed by atoms with Crippen LogP contribution >= 0.6 is 27.5 Å². The Morgan fingerprint density at radius 3 is 2.94 bits per heavy atom. The van der Waals surface area contributed by atoms with Crippen LogP contribution < -0.4 is 5.73 Å². The summed E-state index contributed by atoms with van der Waals surface area (Å²) in [6.45, 7) is 2.00. The number of halogens is 2. The molecule has 16 heavy (non-hydrogen) atoms. The van der Waals surface area contributed by atoms with Crippen molar-refractivity contribution in [2.75, 3.05) is 5.73 Å². The summed E-state index contributed by atoms with van der Waals surface area (Å²) in [4.78, 5) is 0. The van der Waals surface area contributed by atoms with Crippen molar-refractivity contribution in [3.8, 4) is 5.69 Å². The first kappa shape index (κ1) is 11.4. The van der Waals surface area contributed by atoms with Gasteiger partial charge in [0.05, 0.1) is 11.4 Å². The Kier molecular flexibility index (Phi) is 3.16. The predicted octanol–water partition coefficient (Wildman–Crippen LogP) is 2.83. The van der Waals surface area contributed by atoms with Crippen LogP contribution in [0.25, 0.3) is 5.69 Å². The van der Waals surface area contributed by atoms with Gasteiger partial charge in [0.25, 0.3) is 0 Å². The van der Waals surface area contributed by atoms with E-state index in [0.717, 1.165) is 22.3 Å². The van der Waals surface area contributed by atoms with E-state index in [-0.39, 0.29) is 0 Å². The first-order valence-electron chi connectivity index (χ1n) is 4.79. The fourth-order valence-corrected chi connectivity index (χ4v) is 2.07. The van der Waals surface area contributed by atoms with Crippen LogP contribution in [0.15, 0.2) is 22.7 Å². The zero-order valence-electron chi connectivity index (χ0n) is 8.61. The Hall–Kier alpha value is -1.07. The lowest BCUT2D eigenvalue weighted by molar-refractivity contribution is 0.765. The smallest absolute Gasteiger partial charge is 0.169 e. The molecule has 0 atom stereocenters. The lowest BCUT2D eigenvalue weighted by Gasteiger charge is -2.07. The zero-order valence-corrected chi connectivity index (χ0v) is 11.0. The fraction of sp³-hybridized carbons (Fsp3) is 0.200. The van der Waals surface area contributed by atoms with Crippen LogP contribution in [0.3, 0.4) is 0 Å². The van der Waals surface area contributed by atoms with Crippen molar-refractivity contribution in [2.45, 2.75) is 13.3 Å². The average Bonchev–Trinajstić information content (AvgIpc) is 2.63. The van der Waals surface area contributed by atoms with Gasteiger partial charge in [-0.15, -0.1) is 5.10 Å². The molecule has 4 nitrogen and oxygen atoms in total. The average molecular weight is 302 g/mol. The summed E-state index contributed by atoms with van der Waals surface area (Å²) in [5, 5.41) is 8.52. The van der Waals surface area contributed by atoms with Gasteiger partial charge in [0.1, 0.15) is 0 Å². The normalized spacial score (nSPS) is 10.7. The van der Waals surface area contributed by atoms with E-state index >= 15 is 0 Å². The molecular formula is C10H10BrClN4. The minimum absolute atomic E-state index is 0.453. The molecule has 0 fully saturated rings. The summed E-state index contributed by atoms with van der Waals surface area (Å²) < 4.78 is 2.60. The molecule has 1 aromatic carbocycles. The lowest BCUT2D eigenvalue weighted by atomic mass is 10.3. The number of anilines is 1. The minimum Gasteiger partial charge on any atom is -0.381 e. The Labute approximate surface area is 107 Å². The van der Waals surface area contributed by atoms with E-state index in [1.54, 1.807) is 10.7 Å². The first-order chi connectivity index (χ1) is 7.63. The largest absolute Gasteiger partial charge is 0.381 e. The summed E-state index contributed by atoms with van der Waals surface area (Å²) >= 11 is 9.41. The van der Waals surface area contributed by atoms with Crippen molar-refractivity contribution in [3.05, 3.63) is 33.4 Å². The van der Waals surface area contributed by atoms with Crippen molar-refractivity contribution >= 4 is 33.3 Å². The number of nitrogens with zero attached hydrogens (tertiary/aromatic N) is 3. The van der Waals surface area contributed by atoms with E-state index in [9.17, 15) is 0 Å². The molecule has 2 rings (SSSR count). The van der Waals surface area contributed by atoms with E-state index in [0.29, 0.717) is 10.8 Å².